The highest BCUT2D eigenvalue weighted by Crippen LogP contribution is 2.07. The van der Waals surface area contributed by atoms with Crippen LogP contribution >= 0.6 is 0 Å². The quantitative estimate of drug-likeness (QED) is 0.192. The fourth-order valence-electron chi connectivity index (χ4n) is 2.08. The van der Waals surface area contributed by atoms with Crippen LogP contribution in [0.5, 0.6) is 0 Å². The Kier molecular flexibility index (Phi) is 4.18. The van der Waals surface area contributed by atoms with Crippen LogP contribution in [0.4, 0.5) is 0 Å². The van der Waals surface area contributed by atoms with E-state index in [1.165, 1.54) is 0 Å². The molecule has 0 spiro atoms. The van der Waals surface area contributed by atoms with E-state index >= 15 is 0 Å². The van der Waals surface area contributed by atoms with Crippen molar-refractivity contribution in [2.75, 3.05) is 39.3 Å². The van der Waals surface area contributed by atoms with Gasteiger partial charge >= 0.3 is 0 Å². The zero-order valence-corrected chi connectivity index (χ0v) is 9.99. The summed E-state index contributed by atoms with van der Waals surface area (Å²) in [6.07, 6.45) is 0. The van der Waals surface area contributed by atoms with Gasteiger partial charge in [-0.05, 0) is 5.16 Å². The Balaban J connectivity index is 1.93. The van der Waals surface area contributed by atoms with Crippen molar-refractivity contribution < 1.29 is 15.3 Å². The summed E-state index contributed by atoms with van der Waals surface area (Å²) in [7, 11) is 0. The van der Waals surface area contributed by atoms with Gasteiger partial charge in [0.1, 0.15) is 0 Å². The van der Waals surface area contributed by atoms with Gasteiger partial charge in [0.05, 0.1) is 6.61 Å². The van der Waals surface area contributed by atoms with Crippen LogP contribution in [-0.2, 0) is 4.94 Å². The van der Waals surface area contributed by atoms with Gasteiger partial charge in [0.25, 0.3) is 0 Å². The summed E-state index contributed by atoms with van der Waals surface area (Å²) in [5, 5.41) is 24.8. The number of nitrogens with zero attached hydrogens (tertiary/aromatic N) is 4. The number of rotatable bonds is 3. The molecule has 2 aliphatic rings. The van der Waals surface area contributed by atoms with Crippen LogP contribution in [0.1, 0.15) is 0 Å². The molecule has 1 unspecified atom stereocenters. The number of hydroxylamine groups is 1. The van der Waals surface area contributed by atoms with Crippen molar-refractivity contribution in [2.45, 2.75) is 6.04 Å². The minimum atomic E-state index is -0.514. The van der Waals surface area contributed by atoms with E-state index in [-0.39, 0.29) is 12.4 Å². The maximum absolute atomic E-state index is 9.11. The molecule has 2 heterocycles. The van der Waals surface area contributed by atoms with Crippen LogP contribution < -0.4 is 11.2 Å². The highest BCUT2D eigenvalue weighted by molar-refractivity contribution is 6.08. The summed E-state index contributed by atoms with van der Waals surface area (Å²) in [6, 6.07) is -0.514. The van der Waals surface area contributed by atoms with Gasteiger partial charge in [0, 0.05) is 32.7 Å². The molecule has 1 atom stereocenters. The molecule has 102 valence electrons. The lowest BCUT2D eigenvalue weighted by Crippen LogP contribution is -2.56. The average molecular weight is 258 g/mol. The first-order valence-corrected chi connectivity index (χ1v) is 5.81. The Morgan fingerprint density at radius 1 is 1.50 bits per heavy atom. The van der Waals surface area contributed by atoms with Crippen LogP contribution in [0.2, 0.25) is 0 Å². The predicted molar refractivity (Wildman–Crippen MR) is 64.0 cm³/mol. The zero-order chi connectivity index (χ0) is 13.0. The minimum Gasteiger partial charge on any atom is -0.409 e. The largest absolute Gasteiger partial charge is 0.409 e. The number of nitrogens with one attached hydrogen (secondary N) is 1. The summed E-state index contributed by atoms with van der Waals surface area (Å²) in [4.78, 5) is 8.71. The lowest BCUT2D eigenvalue weighted by molar-refractivity contribution is 0.0657. The normalized spacial score (nSPS) is 26.1. The Bertz CT molecular complexity index is 339. The van der Waals surface area contributed by atoms with Gasteiger partial charge in [-0.2, -0.15) is 0 Å². The van der Waals surface area contributed by atoms with Gasteiger partial charge in [-0.25, -0.2) is 0 Å². The lowest BCUT2D eigenvalue weighted by atomic mass is 10.2. The Hall–Kier alpha value is -1.58. The molecular weight excluding hydrogens is 240 g/mol. The van der Waals surface area contributed by atoms with E-state index in [2.05, 4.69) is 25.6 Å². The number of aliphatic hydroxyl groups excluding tert-OH is 1. The second-order valence-corrected chi connectivity index (χ2v) is 4.17. The molecule has 2 aliphatic heterocycles. The van der Waals surface area contributed by atoms with Gasteiger partial charge in [0.2, 0.25) is 0 Å². The molecule has 0 amide bonds. The van der Waals surface area contributed by atoms with Gasteiger partial charge in [-0.3, -0.25) is 9.84 Å². The summed E-state index contributed by atoms with van der Waals surface area (Å²) in [6.45, 7) is 3.80. The van der Waals surface area contributed by atoms with E-state index < -0.39 is 6.04 Å². The van der Waals surface area contributed by atoms with Crippen molar-refractivity contribution in [3.63, 3.8) is 0 Å². The Labute approximate surface area is 104 Å². The van der Waals surface area contributed by atoms with Crippen molar-refractivity contribution in [1.29, 1.82) is 0 Å². The van der Waals surface area contributed by atoms with Crippen LogP contribution in [0.15, 0.2) is 10.3 Å². The molecule has 0 aromatic heterocycles. The summed E-state index contributed by atoms with van der Waals surface area (Å²) >= 11 is 0. The molecule has 0 bridgehead atoms. The van der Waals surface area contributed by atoms with Crippen LogP contribution in [0.25, 0.3) is 0 Å². The van der Waals surface area contributed by atoms with Crippen molar-refractivity contribution in [3.8, 4) is 0 Å². The summed E-state index contributed by atoms with van der Waals surface area (Å²) in [5.41, 5.74) is 8.21. The lowest BCUT2D eigenvalue weighted by Gasteiger charge is -2.36. The number of hydrogen-bond donors (Lipinski definition) is 4. The molecule has 0 aromatic rings. The first kappa shape index (κ1) is 12.9. The second kappa shape index (κ2) is 5.85. The third kappa shape index (κ3) is 2.63. The molecule has 9 nitrogen and oxygen atoms in total. The third-order valence-corrected chi connectivity index (χ3v) is 3.09. The molecule has 9 heteroatoms. The van der Waals surface area contributed by atoms with Crippen LogP contribution in [0, 0.1) is 0 Å². The van der Waals surface area contributed by atoms with Gasteiger partial charge < -0.3 is 20.9 Å². The van der Waals surface area contributed by atoms with Gasteiger partial charge in [0.15, 0.2) is 17.7 Å². The smallest absolute Gasteiger partial charge is 0.172 e. The molecule has 0 aliphatic carbocycles. The van der Waals surface area contributed by atoms with E-state index in [1.807, 2.05) is 4.90 Å². The second-order valence-electron chi connectivity index (χ2n) is 4.17. The van der Waals surface area contributed by atoms with Gasteiger partial charge in [-0.1, -0.05) is 5.16 Å². The third-order valence-electron chi connectivity index (χ3n) is 3.09. The molecule has 5 N–H and O–H groups in total. The number of nitrogens with two attached hydrogens (primary N) is 1. The zero-order valence-electron chi connectivity index (χ0n) is 9.99. The van der Waals surface area contributed by atoms with E-state index in [9.17, 15) is 0 Å². The van der Waals surface area contributed by atoms with Crippen molar-refractivity contribution in [3.05, 3.63) is 0 Å². The van der Waals surface area contributed by atoms with E-state index in [0.29, 0.717) is 25.5 Å². The number of amidine groups is 2. The molecular formula is C9H18N6O3. The van der Waals surface area contributed by atoms with E-state index in [0.717, 1.165) is 13.1 Å². The van der Waals surface area contributed by atoms with Crippen LogP contribution in [0.3, 0.4) is 0 Å². The Morgan fingerprint density at radius 3 is 2.72 bits per heavy atom. The fourth-order valence-corrected chi connectivity index (χ4v) is 2.08. The number of piperazine rings is 1. The maximum atomic E-state index is 9.11. The number of β-amino-alcohol motifs (C(OH)–C–C–N with tert-alkyl or cyclic N) is 1. The molecule has 1 fully saturated rings. The van der Waals surface area contributed by atoms with Gasteiger partial charge in [-0.15, -0.1) is 5.48 Å². The average Bonchev–Trinajstić information content (AvgIpc) is 2.79. The highest BCUT2D eigenvalue weighted by Gasteiger charge is 2.32. The SMILES string of the molecule is NC1=NONC1/C(=N/O)N1CCN(CCO)CC1. The first-order valence-electron chi connectivity index (χ1n) is 5.81. The number of oxime groups is 2. The molecule has 0 aromatic carbocycles. The van der Waals surface area contributed by atoms with Crippen LogP contribution in [-0.4, -0.2) is 77.2 Å². The van der Waals surface area contributed by atoms with Crippen molar-refractivity contribution >= 4 is 11.7 Å². The number of hydrogen-bond acceptors (Lipinski definition) is 8. The highest BCUT2D eigenvalue weighted by atomic mass is 16.8. The molecule has 1 saturated heterocycles. The maximum Gasteiger partial charge on any atom is 0.172 e. The molecule has 0 radical (unpaired) electrons. The fraction of sp³-hybridized carbons (Fsp3) is 0.778. The minimum absolute atomic E-state index is 0.151. The molecule has 2 rings (SSSR count). The van der Waals surface area contributed by atoms with Crippen molar-refractivity contribution in [1.82, 2.24) is 15.3 Å². The molecule has 0 saturated carbocycles. The topological polar surface area (TPSA) is 119 Å². The van der Waals surface area contributed by atoms with Crippen molar-refractivity contribution in [2.24, 2.45) is 16.0 Å². The molecule has 18 heavy (non-hydrogen) atoms. The standard InChI is InChI=1S/C9H18N6O3/c10-8-7(12-18-13-8)9(11-17)15-3-1-14(2-4-15)5-6-16/h7,12,16-17H,1-6H2,(H2,10,13)/b11-9-. The Morgan fingerprint density at radius 2 is 2.22 bits per heavy atom. The summed E-state index contributed by atoms with van der Waals surface area (Å²) < 4.78 is 0. The summed E-state index contributed by atoms with van der Waals surface area (Å²) in [5.74, 6) is 0.637. The monoisotopic (exact) mass is 258 g/mol. The first-order chi connectivity index (χ1) is 8.76. The number of aliphatic hydroxyl groups is 1. The van der Waals surface area contributed by atoms with E-state index in [4.69, 9.17) is 16.0 Å². The predicted octanol–water partition coefficient (Wildman–Crippen LogP) is -2.44. The van der Waals surface area contributed by atoms with E-state index in [1.54, 1.807) is 0 Å².